The first kappa shape index (κ1) is 30.6. The molecular weight excluding hydrogens is 641 g/mol. The first-order valence-corrected chi connectivity index (χ1v) is 16.1. The minimum atomic E-state index is -1.10. The number of nitrogens with zero attached hydrogens (tertiary/aromatic N) is 7. The quantitative estimate of drug-likeness (QED) is 0.216. The van der Waals surface area contributed by atoms with Gasteiger partial charge in [-0.1, -0.05) is 17.7 Å². The smallest absolute Gasteiger partial charge is 0.338 e. The lowest BCUT2D eigenvalue weighted by atomic mass is 10.0. The molecule has 14 heteroatoms. The van der Waals surface area contributed by atoms with Gasteiger partial charge in [-0.25, -0.2) is 14.2 Å². The van der Waals surface area contributed by atoms with Crippen molar-refractivity contribution in [3.8, 4) is 11.5 Å². The number of carbonyl (C=O) groups excluding carboxylic acids is 1. The second-order valence-electron chi connectivity index (χ2n) is 12.2. The van der Waals surface area contributed by atoms with Crippen LogP contribution in [0.3, 0.4) is 0 Å². The standard InChI is InChI=1S/C34H33ClFN7O5/c1-34(29-8-7-22(35)17-37-29)47-28-6-3-5-24(32(28)48-34)42-13-11-40(26-19-46-20-27(26)42)18-30-39-31-23(36)15-21(33(44)45-2)16-25(31)43(30)14-12-41-10-4-9-38-41/h3-10,15-17,26-27H,11-14,18-20H2,1-2H3/t26-,27+,34?/m0/s1. The van der Waals surface area contributed by atoms with Crippen LogP contribution < -0.4 is 14.4 Å². The average Bonchev–Trinajstić information content (AvgIpc) is 3.90. The van der Waals surface area contributed by atoms with Gasteiger partial charge in [-0.15, -0.1) is 0 Å². The van der Waals surface area contributed by atoms with Crippen molar-refractivity contribution in [1.82, 2.24) is 29.2 Å². The molecule has 0 amide bonds. The van der Waals surface area contributed by atoms with E-state index in [9.17, 15) is 4.79 Å². The molecule has 0 bridgehead atoms. The topological polar surface area (TPSA) is 109 Å². The van der Waals surface area contributed by atoms with Crippen LogP contribution in [0.5, 0.6) is 11.5 Å². The number of hydrogen-bond donors (Lipinski definition) is 0. The maximum Gasteiger partial charge on any atom is 0.338 e. The molecule has 3 aliphatic rings. The van der Waals surface area contributed by atoms with Gasteiger partial charge in [0.25, 0.3) is 5.79 Å². The molecule has 0 spiro atoms. The fourth-order valence-electron chi connectivity index (χ4n) is 6.98. The van der Waals surface area contributed by atoms with E-state index in [1.165, 1.54) is 13.2 Å². The number of aryl methyl sites for hydroxylation is 2. The monoisotopic (exact) mass is 673 g/mol. The first-order valence-electron chi connectivity index (χ1n) is 15.8. The van der Waals surface area contributed by atoms with Crippen molar-refractivity contribution in [2.75, 3.05) is 38.3 Å². The molecule has 3 atom stereocenters. The summed E-state index contributed by atoms with van der Waals surface area (Å²) in [5.74, 6) is -0.280. The van der Waals surface area contributed by atoms with E-state index in [0.29, 0.717) is 79.5 Å². The fourth-order valence-corrected chi connectivity index (χ4v) is 7.09. The minimum absolute atomic E-state index is 0.0268. The zero-order valence-electron chi connectivity index (χ0n) is 26.4. The third-order valence-electron chi connectivity index (χ3n) is 9.34. The van der Waals surface area contributed by atoms with E-state index in [-0.39, 0.29) is 23.2 Å². The Bertz CT molecular complexity index is 1990. The van der Waals surface area contributed by atoms with Gasteiger partial charge in [0.15, 0.2) is 17.3 Å². The van der Waals surface area contributed by atoms with Crippen LogP contribution in [-0.4, -0.2) is 80.7 Å². The van der Waals surface area contributed by atoms with Crippen molar-refractivity contribution in [1.29, 1.82) is 0 Å². The molecule has 5 aromatic rings. The highest BCUT2D eigenvalue weighted by molar-refractivity contribution is 6.30. The Kier molecular flexibility index (Phi) is 7.69. The summed E-state index contributed by atoms with van der Waals surface area (Å²) >= 11 is 6.08. The Morgan fingerprint density at radius 3 is 2.77 bits per heavy atom. The molecule has 0 radical (unpaired) electrons. The van der Waals surface area contributed by atoms with Crippen LogP contribution in [0.1, 0.15) is 28.8 Å². The molecule has 0 aliphatic carbocycles. The fraction of sp³-hybridized carbons (Fsp3) is 0.353. The molecule has 2 aromatic carbocycles. The Morgan fingerprint density at radius 1 is 1.10 bits per heavy atom. The van der Waals surface area contributed by atoms with Crippen LogP contribution in [0.4, 0.5) is 10.1 Å². The largest absolute Gasteiger partial charge is 0.465 e. The number of fused-ring (bicyclic) bond motifs is 3. The molecule has 12 nitrogen and oxygen atoms in total. The Hall–Kier alpha value is -4.72. The van der Waals surface area contributed by atoms with E-state index >= 15 is 4.39 Å². The second kappa shape index (κ2) is 12.1. The number of anilines is 1. The average molecular weight is 674 g/mol. The van der Waals surface area contributed by atoms with Gasteiger partial charge >= 0.3 is 5.97 Å². The molecule has 3 aromatic heterocycles. The van der Waals surface area contributed by atoms with Crippen molar-refractivity contribution >= 4 is 34.3 Å². The molecule has 0 saturated carbocycles. The second-order valence-corrected chi connectivity index (χ2v) is 12.7. The van der Waals surface area contributed by atoms with E-state index in [2.05, 4.69) is 19.9 Å². The number of aromatic nitrogens is 5. The van der Waals surface area contributed by atoms with Crippen LogP contribution in [-0.2, 0) is 34.9 Å². The molecule has 48 heavy (non-hydrogen) atoms. The number of carbonyl (C=O) groups is 1. The lowest BCUT2D eigenvalue weighted by Crippen LogP contribution is -2.59. The van der Waals surface area contributed by atoms with Crippen molar-refractivity contribution in [2.24, 2.45) is 0 Å². The predicted octanol–water partition coefficient (Wildman–Crippen LogP) is 4.64. The summed E-state index contributed by atoms with van der Waals surface area (Å²) in [6.45, 7) is 5.80. The van der Waals surface area contributed by atoms with Gasteiger partial charge in [0, 0.05) is 45.1 Å². The van der Waals surface area contributed by atoms with Crippen LogP contribution in [0.2, 0.25) is 5.02 Å². The van der Waals surface area contributed by atoms with Gasteiger partial charge in [-0.3, -0.25) is 14.6 Å². The predicted molar refractivity (Wildman–Crippen MR) is 174 cm³/mol. The van der Waals surface area contributed by atoms with E-state index < -0.39 is 17.6 Å². The van der Waals surface area contributed by atoms with Crippen LogP contribution in [0.25, 0.3) is 11.0 Å². The van der Waals surface area contributed by atoms with Crippen molar-refractivity contribution in [2.45, 2.75) is 44.4 Å². The van der Waals surface area contributed by atoms with Crippen LogP contribution in [0.15, 0.2) is 67.1 Å². The molecule has 2 saturated heterocycles. The Labute approximate surface area is 280 Å². The zero-order chi connectivity index (χ0) is 33.0. The molecule has 1 unspecified atom stereocenters. The molecule has 0 N–H and O–H groups in total. The van der Waals surface area contributed by atoms with E-state index in [1.54, 1.807) is 30.6 Å². The van der Waals surface area contributed by atoms with Crippen molar-refractivity contribution in [3.63, 3.8) is 0 Å². The van der Waals surface area contributed by atoms with Crippen molar-refractivity contribution in [3.05, 3.63) is 95.0 Å². The van der Waals surface area contributed by atoms with E-state index in [1.807, 2.05) is 46.6 Å². The molecule has 8 rings (SSSR count). The van der Waals surface area contributed by atoms with Crippen molar-refractivity contribution < 1.29 is 28.1 Å². The van der Waals surface area contributed by atoms with Crippen LogP contribution >= 0.6 is 11.6 Å². The first-order chi connectivity index (χ1) is 23.3. The third-order valence-corrected chi connectivity index (χ3v) is 9.57. The van der Waals surface area contributed by atoms with Gasteiger partial charge in [0.05, 0.1) is 67.3 Å². The third kappa shape index (κ3) is 5.31. The number of ether oxygens (including phenoxy) is 4. The summed E-state index contributed by atoms with van der Waals surface area (Å²) in [7, 11) is 1.28. The van der Waals surface area contributed by atoms with E-state index in [0.717, 1.165) is 5.69 Å². The number of esters is 1. The number of imidazole rings is 1. The highest BCUT2D eigenvalue weighted by atomic mass is 35.5. The summed E-state index contributed by atoms with van der Waals surface area (Å²) in [5.41, 5.74) is 2.43. The lowest BCUT2D eigenvalue weighted by molar-refractivity contribution is -0.0716. The molecule has 248 valence electrons. The summed E-state index contributed by atoms with van der Waals surface area (Å²) in [4.78, 5) is 26.3. The molecular formula is C34H33ClFN7O5. The normalized spacial score (nSPS) is 22.0. The Morgan fingerprint density at radius 2 is 1.98 bits per heavy atom. The highest BCUT2D eigenvalue weighted by Crippen LogP contribution is 2.50. The van der Waals surface area contributed by atoms with E-state index in [4.69, 9.17) is 35.5 Å². The summed E-state index contributed by atoms with van der Waals surface area (Å²) in [6, 6.07) is 14.2. The number of halogens is 2. The van der Waals surface area contributed by atoms with Gasteiger partial charge in [-0.05, 0) is 42.5 Å². The summed E-state index contributed by atoms with van der Waals surface area (Å²) in [5, 5.41) is 4.86. The summed E-state index contributed by atoms with van der Waals surface area (Å²) < 4.78 is 43.0. The molecule has 6 heterocycles. The number of hydrogen-bond acceptors (Lipinski definition) is 10. The number of para-hydroxylation sites is 1. The summed E-state index contributed by atoms with van der Waals surface area (Å²) in [6.07, 6.45) is 5.18. The van der Waals surface area contributed by atoms with Gasteiger partial charge in [-0.2, -0.15) is 5.10 Å². The SMILES string of the molecule is COC(=O)c1cc(F)c2nc(CN3CCN(c4cccc5c4OC(C)(c4ccc(Cl)cn4)O5)[C@@H]4COC[C@@H]43)n(CCn3cccn3)c2c1. The lowest BCUT2D eigenvalue weighted by Gasteiger charge is -2.44. The number of piperazine rings is 1. The number of pyridine rings is 1. The number of methoxy groups -OCH3 is 1. The highest BCUT2D eigenvalue weighted by Gasteiger charge is 2.46. The maximum absolute atomic E-state index is 15.4. The number of benzene rings is 2. The maximum atomic E-state index is 15.4. The van der Waals surface area contributed by atoms with Gasteiger partial charge < -0.3 is 28.4 Å². The minimum Gasteiger partial charge on any atom is -0.465 e. The number of rotatable bonds is 8. The molecule has 2 fully saturated rings. The molecule has 3 aliphatic heterocycles. The zero-order valence-corrected chi connectivity index (χ0v) is 27.1. The van der Waals surface area contributed by atoms with Crippen LogP contribution in [0, 0.1) is 5.82 Å². The van der Waals surface area contributed by atoms with Gasteiger partial charge in [0.1, 0.15) is 17.0 Å². The Balaban J connectivity index is 1.08. The van der Waals surface area contributed by atoms with Gasteiger partial charge in [0.2, 0.25) is 0 Å².